The van der Waals surface area contributed by atoms with E-state index >= 15 is 0 Å². The molecule has 0 heterocycles. The lowest BCUT2D eigenvalue weighted by molar-refractivity contribution is 0.0954. The molecule has 0 saturated heterocycles. The first-order chi connectivity index (χ1) is 12.3. The SMILES string of the molecule is CCOc1ccc(S(=O)(=O)NCCNC(=O)c2ccc(C)c(C)c2)cc1. The van der Waals surface area contributed by atoms with Gasteiger partial charge in [0.15, 0.2) is 0 Å². The van der Waals surface area contributed by atoms with Gasteiger partial charge in [0, 0.05) is 18.7 Å². The standard InChI is InChI=1S/C19H24N2O4S/c1-4-25-17-7-9-18(10-8-17)26(23,24)21-12-11-20-19(22)16-6-5-14(2)15(3)13-16/h5-10,13,21H,4,11-12H2,1-3H3,(H,20,22). The molecule has 1 amide bonds. The highest BCUT2D eigenvalue weighted by atomic mass is 32.2. The molecule has 7 heteroatoms. The fraction of sp³-hybridized carbons (Fsp3) is 0.316. The molecule has 0 fully saturated rings. The van der Waals surface area contributed by atoms with Gasteiger partial charge in [-0.05, 0) is 68.3 Å². The summed E-state index contributed by atoms with van der Waals surface area (Å²) in [5, 5.41) is 2.71. The van der Waals surface area contributed by atoms with Crippen LogP contribution in [0.25, 0.3) is 0 Å². The number of sulfonamides is 1. The summed E-state index contributed by atoms with van der Waals surface area (Å²) in [4.78, 5) is 12.3. The Bertz CT molecular complexity index is 862. The third-order valence-electron chi connectivity index (χ3n) is 3.92. The number of amides is 1. The van der Waals surface area contributed by atoms with Gasteiger partial charge in [-0.1, -0.05) is 6.07 Å². The lowest BCUT2D eigenvalue weighted by Crippen LogP contribution is -2.34. The smallest absolute Gasteiger partial charge is 0.251 e. The van der Waals surface area contributed by atoms with Crippen molar-refractivity contribution in [3.05, 3.63) is 59.2 Å². The van der Waals surface area contributed by atoms with Crippen LogP contribution in [0.1, 0.15) is 28.4 Å². The first kappa shape index (κ1) is 19.9. The van der Waals surface area contributed by atoms with Crippen LogP contribution >= 0.6 is 0 Å². The van der Waals surface area contributed by atoms with E-state index in [1.54, 1.807) is 18.2 Å². The van der Waals surface area contributed by atoms with Crippen molar-refractivity contribution >= 4 is 15.9 Å². The van der Waals surface area contributed by atoms with Crippen LogP contribution in [0, 0.1) is 13.8 Å². The maximum atomic E-state index is 12.2. The fourth-order valence-electron chi connectivity index (χ4n) is 2.31. The highest BCUT2D eigenvalue weighted by Crippen LogP contribution is 2.15. The number of nitrogens with one attached hydrogen (secondary N) is 2. The van der Waals surface area contributed by atoms with E-state index in [-0.39, 0.29) is 23.9 Å². The van der Waals surface area contributed by atoms with E-state index in [0.717, 1.165) is 11.1 Å². The van der Waals surface area contributed by atoms with E-state index in [0.29, 0.717) is 17.9 Å². The third-order valence-corrected chi connectivity index (χ3v) is 5.39. The second-order valence-corrected chi connectivity index (χ2v) is 7.62. The van der Waals surface area contributed by atoms with Gasteiger partial charge in [-0.25, -0.2) is 13.1 Å². The largest absolute Gasteiger partial charge is 0.494 e. The van der Waals surface area contributed by atoms with Crippen LogP contribution in [0.4, 0.5) is 0 Å². The Balaban J connectivity index is 1.86. The maximum absolute atomic E-state index is 12.2. The molecule has 2 N–H and O–H groups in total. The van der Waals surface area contributed by atoms with Crippen molar-refractivity contribution in [3.8, 4) is 5.75 Å². The van der Waals surface area contributed by atoms with Crippen LogP contribution in [-0.4, -0.2) is 34.0 Å². The van der Waals surface area contributed by atoms with Gasteiger partial charge in [-0.15, -0.1) is 0 Å². The summed E-state index contributed by atoms with van der Waals surface area (Å²) < 4.78 is 32.2. The van der Waals surface area contributed by atoms with Crippen LogP contribution in [0.15, 0.2) is 47.4 Å². The summed E-state index contributed by atoms with van der Waals surface area (Å²) in [6.45, 7) is 6.60. The minimum atomic E-state index is -3.62. The highest BCUT2D eigenvalue weighted by molar-refractivity contribution is 7.89. The Morgan fingerprint density at radius 3 is 2.31 bits per heavy atom. The number of carbonyl (C=O) groups excluding carboxylic acids is 1. The lowest BCUT2D eigenvalue weighted by atomic mass is 10.1. The topological polar surface area (TPSA) is 84.5 Å². The molecule has 0 aromatic heterocycles. The first-order valence-corrected chi connectivity index (χ1v) is 9.90. The van der Waals surface area contributed by atoms with Gasteiger partial charge in [0.1, 0.15) is 5.75 Å². The molecule has 0 bridgehead atoms. The first-order valence-electron chi connectivity index (χ1n) is 8.41. The monoisotopic (exact) mass is 376 g/mol. The van der Waals surface area contributed by atoms with Crippen molar-refractivity contribution in [3.63, 3.8) is 0 Å². The van der Waals surface area contributed by atoms with Crippen molar-refractivity contribution in [1.29, 1.82) is 0 Å². The van der Waals surface area contributed by atoms with Crippen molar-refractivity contribution in [2.75, 3.05) is 19.7 Å². The van der Waals surface area contributed by atoms with Gasteiger partial charge in [0.05, 0.1) is 11.5 Å². The molecular weight excluding hydrogens is 352 g/mol. The van der Waals surface area contributed by atoms with Crippen LogP contribution in [0.5, 0.6) is 5.75 Å². The minimum absolute atomic E-state index is 0.103. The van der Waals surface area contributed by atoms with Gasteiger partial charge in [0.25, 0.3) is 5.91 Å². The van der Waals surface area contributed by atoms with E-state index < -0.39 is 10.0 Å². The van der Waals surface area contributed by atoms with Gasteiger partial charge >= 0.3 is 0 Å². The Kier molecular flexibility index (Phi) is 6.76. The van der Waals surface area contributed by atoms with E-state index in [4.69, 9.17) is 4.74 Å². The zero-order valence-electron chi connectivity index (χ0n) is 15.2. The quantitative estimate of drug-likeness (QED) is 0.693. The lowest BCUT2D eigenvalue weighted by Gasteiger charge is -2.10. The van der Waals surface area contributed by atoms with Crippen molar-refractivity contribution in [2.24, 2.45) is 0 Å². The molecule has 2 aromatic rings. The van der Waals surface area contributed by atoms with E-state index in [1.165, 1.54) is 12.1 Å². The van der Waals surface area contributed by atoms with Gasteiger partial charge in [-0.3, -0.25) is 4.79 Å². The number of aryl methyl sites for hydroxylation is 2. The minimum Gasteiger partial charge on any atom is -0.494 e. The molecule has 26 heavy (non-hydrogen) atoms. The van der Waals surface area contributed by atoms with Crippen LogP contribution in [0.3, 0.4) is 0 Å². The molecule has 0 aliphatic rings. The highest BCUT2D eigenvalue weighted by Gasteiger charge is 2.13. The average Bonchev–Trinajstić information content (AvgIpc) is 2.61. The predicted octanol–water partition coefficient (Wildman–Crippen LogP) is 2.41. The zero-order chi connectivity index (χ0) is 19.2. The number of ether oxygens (including phenoxy) is 1. The summed E-state index contributed by atoms with van der Waals surface area (Å²) in [5.74, 6) is 0.389. The van der Waals surface area contributed by atoms with E-state index in [2.05, 4.69) is 10.0 Å². The van der Waals surface area contributed by atoms with E-state index in [9.17, 15) is 13.2 Å². The summed E-state index contributed by atoms with van der Waals surface area (Å²) >= 11 is 0. The zero-order valence-corrected chi connectivity index (χ0v) is 16.0. The molecule has 0 aliphatic heterocycles. The van der Waals surface area contributed by atoms with Crippen LogP contribution in [0.2, 0.25) is 0 Å². The summed E-state index contributed by atoms with van der Waals surface area (Å²) in [6, 6.07) is 11.6. The molecule has 140 valence electrons. The second-order valence-electron chi connectivity index (χ2n) is 5.86. The Hall–Kier alpha value is -2.38. The Morgan fingerprint density at radius 1 is 1.00 bits per heavy atom. The summed E-state index contributed by atoms with van der Waals surface area (Å²) in [6.07, 6.45) is 0. The van der Waals surface area contributed by atoms with Crippen LogP contribution in [-0.2, 0) is 10.0 Å². The number of carbonyl (C=O) groups is 1. The fourth-order valence-corrected chi connectivity index (χ4v) is 3.34. The predicted molar refractivity (Wildman–Crippen MR) is 101 cm³/mol. The van der Waals surface area contributed by atoms with Crippen molar-refractivity contribution in [1.82, 2.24) is 10.0 Å². The number of rotatable bonds is 8. The Labute approximate surface area is 154 Å². The second kappa shape index (κ2) is 8.82. The molecule has 0 atom stereocenters. The van der Waals surface area contributed by atoms with Gasteiger partial charge in [0.2, 0.25) is 10.0 Å². The van der Waals surface area contributed by atoms with Crippen molar-refractivity contribution < 1.29 is 17.9 Å². The molecule has 0 saturated carbocycles. The molecule has 0 aliphatic carbocycles. The number of hydrogen-bond acceptors (Lipinski definition) is 4. The average molecular weight is 376 g/mol. The molecule has 6 nitrogen and oxygen atoms in total. The van der Waals surface area contributed by atoms with Crippen LogP contribution < -0.4 is 14.8 Å². The molecule has 2 rings (SSSR count). The van der Waals surface area contributed by atoms with E-state index in [1.807, 2.05) is 32.9 Å². The maximum Gasteiger partial charge on any atom is 0.251 e. The Morgan fingerprint density at radius 2 is 1.69 bits per heavy atom. The summed E-state index contributed by atoms with van der Waals surface area (Å²) in [5.41, 5.74) is 2.71. The normalized spacial score (nSPS) is 11.2. The number of benzene rings is 2. The molecular formula is C19H24N2O4S. The molecule has 2 aromatic carbocycles. The molecule has 0 radical (unpaired) electrons. The van der Waals surface area contributed by atoms with Gasteiger partial charge < -0.3 is 10.1 Å². The number of hydrogen-bond donors (Lipinski definition) is 2. The summed E-state index contributed by atoms with van der Waals surface area (Å²) in [7, 11) is -3.62. The molecule has 0 spiro atoms. The van der Waals surface area contributed by atoms with Gasteiger partial charge in [-0.2, -0.15) is 0 Å². The molecule has 0 unspecified atom stereocenters. The van der Waals surface area contributed by atoms with Crippen molar-refractivity contribution in [2.45, 2.75) is 25.7 Å². The third kappa shape index (κ3) is 5.31.